The van der Waals surface area contributed by atoms with Crippen LogP contribution < -0.4 is 20.1 Å². The topological polar surface area (TPSA) is 87.9 Å². The number of carboxylic acid groups (broad SMARTS) is 1. The third-order valence-electron chi connectivity index (χ3n) is 4.18. The Hall–Kier alpha value is -3.03. The molecule has 1 fully saturated rings. The van der Waals surface area contributed by atoms with Gasteiger partial charge in [0, 0.05) is 37.9 Å². The first-order valence-corrected chi connectivity index (χ1v) is 8.01. The van der Waals surface area contributed by atoms with Gasteiger partial charge in [0.05, 0.1) is 7.11 Å². The lowest BCUT2D eigenvalue weighted by molar-refractivity contribution is -0.138. The van der Waals surface area contributed by atoms with Gasteiger partial charge >= 0.3 is 5.97 Å². The summed E-state index contributed by atoms with van der Waals surface area (Å²) in [5.74, 6) is 0.360. The Bertz CT molecular complexity index is 795. The van der Waals surface area contributed by atoms with Gasteiger partial charge in [-0.3, -0.25) is 9.59 Å². The van der Waals surface area contributed by atoms with Crippen molar-refractivity contribution in [1.29, 1.82) is 0 Å². The number of benzene rings is 1. The minimum absolute atomic E-state index is 0.414. The first-order valence-electron chi connectivity index (χ1n) is 8.01. The minimum atomic E-state index is -1.09. The maximum atomic E-state index is 11.7. The highest BCUT2D eigenvalue weighted by Crippen LogP contribution is 2.21. The Morgan fingerprint density at radius 3 is 2.32 bits per heavy atom. The van der Waals surface area contributed by atoms with Crippen LogP contribution in [0, 0.1) is 0 Å². The van der Waals surface area contributed by atoms with Gasteiger partial charge in [0.25, 0.3) is 5.56 Å². The Morgan fingerprint density at radius 1 is 1.08 bits per heavy atom. The van der Waals surface area contributed by atoms with Crippen molar-refractivity contribution in [2.75, 3.05) is 43.1 Å². The number of piperazine rings is 1. The maximum absolute atomic E-state index is 11.7. The van der Waals surface area contributed by atoms with Crippen LogP contribution in [-0.2, 0) is 11.3 Å². The smallest absolute Gasteiger partial charge is 0.325 e. The molecule has 132 valence electrons. The van der Waals surface area contributed by atoms with E-state index in [4.69, 9.17) is 9.84 Å². The van der Waals surface area contributed by atoms with Crippen LogP contribution in [0.2, 0.25) is 0 Å². The fourth-order valence-electron chi connectivity index (χ4n) is 2.83. The molecule has 1 N–H and O–H groups in total. The third kappa shape index (κ3) is 3.90. The van der Waals surface area contributed by atoms with E-state index in [1.165, 1.54) is 6.07 Å². The quantitative estimate of drug-likeness (QED) is 0.852. The molecule has 0 bridgehead atoms. The summed E-state index contributed by atoms with van der Waals surface area (Å²) < 4.78 is 6.15. The monoisotopic (exact) mass is 344 g/mol. The van der Waals surface area contributed by atoms with Crippen molar-refractivity contribution >= 4 is 17.5 Å². The van der Waals surface area contributed by atoms with E-state index in [1.807, 2.05) is 24.3 Å². The van der Waals surface area contributed by atoms with Crippen LogP contribution >= 0.6 is 0 Å². The fourth-order valence-corrected chi connectivity index (χ4v) is 2.83. The molecule has 2 heterocycles. The molecule has 1 saturated heterocycles. The second-order valence-corrected chi connectivity index (χ2v) is 5.75. The van der Waals surface area contributed by atoms with Crippen molar-refractivity contribution in [2.45, 2.75) is 6.54 Å². The molecule has 3 rings (SSSR count). The van der Waals surface area contributed by atoms with Gasteiger partial charge in [-0.2, -0.15) is 5.10 Å². The van der Waals surface area contributed by atoms with E-state index >= 15 is 0 Å². The van der Waals surface area contributed by atoms with Crippen molar-refractivity contribution in [3.8, 4) is 5.75 Å². The zero-order valence-corrected chi connectivity index (χ0v) is 14.0. The Kier molecular flexibility index (Phi) is 4.87. The number of methoxy groups -OCH3 is 1. The number of anilines is 2. The van der Waals surface area contributed by atoms with E-state index in [9.17, 15) is 9.59 Å². The Morgan fingerprint density at radius 2 is 1.72 bits per heavy atom. The highest BCUT2D eigenvalue weighted by Gasteiger charge is 2.19. The van der Waals surface area contributed by atoms with E-state index in [0.29, 0.717) is 5.82 Å². The second-order valence-electron chi connectivity index (χ2n) is 5.75. The average Bonchev–Trinajstić information content (AvgIpc) is 2.63. The average molecular weight is 344 g/mol. The number of hydrogen-bond donors (Lipinski definition) is 1. The summed E-state index contributed by atoms with van der Waals surface area (Å²) in [6.07, 6.45) is 0. The van der Waals surface area contributed by atoms with E-state index < -0.39 is 18.1 Å². The standard InChI is InChI=1S/C17H20N4O4/c1-25-14-4-2-13(3-5-14)19-8-10-20(11-9-19)15-6-7-16(22)21(18-15)12-17(23)24/h2-7H,8-12H2,1H3,(H,23,24). The molecule has 1 aliphatic rings. The van der Waals surface area contributed by atoms with E-state index in [-0.39, 0.29) is 0 Å². The summed E-state index contributed by atoms with van der Waals surface area (Å²) in [6, 6.07) is 10.9. The van der Waals surface area contributed by atoms with Crippen molar-refractivity contribution in [3.63, 3.8) is 0 Å². The normalized spacial score (nSPS) is 14.4. The van der Waals surface area contributed by atoms with Gasteiger partial charge < -0.3 is 19.6 Å². The predicted octanol–water partition coefficient (Wildman–Crippen LogP) is 0.663. The molecule has 0 saturated carbocycles. The van der Waals surface area contributed by atoms with Gasteiger partial charge in [0.1, 0.15) is 18.1 Å². The molecule has 1 aliphatic heterocycles. The van der Waals surface area contributed by atoms with E-state index in [1.54, 1.807) is 13.2 Å². The molecular formula is C17H20N4O4. The van der Waals surface area contributed by atoms with E-state index in [2.05, 4.69) is 14.9 Å². The molecule has 1 aromatic heterocycles. The van der Waals surface area contributed by atoms with E-state index in [0.717, 1.165) is 42.3 Å². The minimum Gasteiger partial charge on any atom is -0.497 e. The molecule has 2 aromatic rings. The highest BCUT2D eigenvalue weighted by molar-refractivity contribution is 5.66. The van der Waals surface area contributed by atoms with Crippen LogP contribution in [0.1, 0.15) is 0 Å². The summed E-state index contributed by atoms with van der Waals surface area (Å²) >= 11 is 0. The molecule has 0 amide bonds. The first kappa shape index (κ1) is 16.8. The highest BCUT2D eigenvalue weighted by atomic mass is 16.5. The lowest BCUT2D eigenvalue weighted by Gasteiger charge is -2.36. The SMILES string of the molecule is COc1ccc(N2CCN(c3ccc(=O)n(CC(=O)O)n3)CC2)cc1. The number of aliphatic carboxylic acids is 1. The maximum Gasteiger partial charge on any atom is 0.325 e. The number of hydrogen-bond acceptors (Lipinski definition) is 6. The van der Waals surface area contributed by atoms with Crippen LogP contribution in [0.5, 0.6) is 5.75 Å². The van der Waals surface area contributed by atoms with Crippen molar-refractivity contribution < 1.29 is 14.6 Å². The van der Waals surface area contributed by atoms with Gasteiger partial charge in [0.15, 0.2) is 0 Å². The van der Waals surface area contributed by atoms with Crippen molar-refractivity contribution in [2.24, 2.45) is 0 Å². The van der Waals surface area contributed by atoms with Gasteiger partial charge in [0.2, 0.25) is 0 Å². The van der Waals surface area contributed by atoms with Crippen LogP contribution in [0.15, 0.2) is 41.2 Å². The lowest BCUT2D eigenvalue weighted by atomic mass is 10.2. The predicted molar refractivity (Wildman–Crippen MR) is 93.6 cm³/mol. The molecule has 8 heteroatoms. The number of ether oxygens (including phenoxy) is 1. The zero-order chi connectivity index (χ0) is 17.8. The number of nitrogens with zero attached hydrogens (tertiary/aromatic N) is 4. The first-order chi connectivity index (χ1) is 12.1. The molecule has 1 aromatic carbocycles. The summed E-state index contributed by atoms with van der Waals surface area (Å²) in [4.78, 5) is 26.8. The van der Waals surface area contributed by atoms with Crippen LogP contribution in [-0.4, -0.2) is 54.1 Å². The third-order valence-corrected chi connectivity index (χ3v) is 4.18. The number of aromatic nitrogens is 2. The zero-order valence-electron chi connectivity index (χ0n) is 14.0. The van der Waals surface area contributed by atoms with Gasteiger partial charge in [-0.25, -0.2) is 4.68 Å². The van der Waals surface area contributed by atoms with Crippen molar-refractivity contribution in [1.82, 2.24) is 9.78 Å². The van der Waals surface area contributed by atoms with Crippen LogP contribution in [0.4, 0.5) is 11.5 Å². The molecule has 0 radical (unpaired) electrons. The Labute approximate surface area is 144 Å². The lowest BCUT2D eigenvalue weighted by Crippen LogP contribution is -2.47. The fraction of sp³-hybridized carbons (Fsp3) is 0.353. The van der Waals surface area contributed by atoms with Crippen LogP contribution in [0.25, 0.3) is 0 Å². The molecule has 0 aliphatic carbocycles. The van der Waals surface area contributed by atoms with Gasteiger partial charge in [-0.15, -0.1) is 0 Å². The molecule has 0 spiro atoms. The molecular weight excluding hydrogens is 324 g/mol. The number of rotatable bonds is 5. The summed E-state index contributed by atoms with van der Waals surface area (Å²) in [7, 11) is 1.64. The largest absolute Gasteiger partial charge is 0.497 e. The Balaban J connectivity index is 1.67. The summed E-state index contributed by atoms with van der Waals surface area (Å²) in [5, 5.41) is 13.0. The molecule has 0 atom stereocenters. The number of carbonyl (C=O) groups is 1. The number of carboxylic acids is 1. The van der Waals surface area contributed by atoms with Gasteiger partial charge in [-0.1, -0.05) is 0 Å². The molecule has 25 heavy (non-hydrogen) atoms. The van der Waals surface area contributed by atoms with Crippen molar-refractivity contribution in [3.05, 3.63) is 46.8 Å². The van der Waals surface area contributed by atoms with Crippen LogP contribution in [0.3, 0.4) is 0 Å². The summed E-state index contributed by atoms with van der Waals surface area (Å²) in [5.41, 5.74) is 0.715. The molecule has 0 unspecified atom stereocenters. The van der Waals surface area contributed by atoms with Gasteiger partial charge in [-0.05, 0) is 30.3 Å². The second kappa shape index (κ2) is 7.25. The molecule has 8 nitrogen and oxygen atoms in total. The summed E-state index contributed by atoms with van der Waals surface area (Å²) in [6.45, 7) is 2.67.